The van der Waals surface area contributed by atoms with Gasteiger partial charge in [-0.25, -0.2) is 0 Å². The maximum absolute atomic E-state index is 8.78. The van der Waals surface area contributed by atoms with E-state index in [0.717, 1.165) is 13.1 Å². The summed E-state index contributed by atoms with van der Waals surface area (Å²) >= 11 is 0. The van der Waals surface area contributed by atoms with Gasteiger partial charge in [-0.1, -0.05) is 64.7 Å². The smallest absolute Gasteiger partial charge is 0.368 e. The Morgan fingerprint density at radius 3 is 1.54 bits per heavy atom. The second-order valence-electron chi connectivity index (χ2n) is 6.20. The molecule has 0 aromatic rings. The zero-order chi connectivity index (χ0) is 18.8. The molecule has 0 spiro atoms. The van der Waals surface area contributed by atoms with Gasteiger partial charge in [-0.05, 0) is 20.0 Å². The van der Waals surface area contributed by atoms with E-state index >= 15 is 0 Å². The van der Waals surface area contributed by atoms with Crippen molar-refractivity contribution in [3.8, 4) is 0 Å². The van der Waals surface area contributed by atoms with Crippen LogP contribution in [0.5, 0.6) is 0 Å². The Morgan fingerprint density at radius 1 is 0.792 bits per heavy atom. The van der Waals surface area contributed by atoms with Gasteiger partial charge in [0.25, 0.3) is 0 Å². The number of rotatable bonds is 14. The van der Waals surface area contributed by atoms with Crippen LogP contribution in [0.15, 0.2) is 0 Å². The molecule has 0 saturated carbocycles. The number of hydrogen-bond acceptors (Lipinski definition) is 5. The van der Waals surface area contributed by atoms with Crippen molar-refractivity contribution in [1.82, 2.24) is 4.90 Å². The number of unbranched alkanes of at least 4 members (excludes halogenated alkanes) is 9. The van der Waals surface area contributed by atoms with Crippen LogP contribution in [0, 0.1) is 0 Å². The summed E-state index contributed by atoms with van der Waals surface area (Å²) in [5.74, 6) is 0. The normalized spacial score (nSPS) is 11.7. The van der Waals surface area contributed by atoms with E-state index in [1.807, 2.05) is 0 Å². The lowest BCUT2D eigenvalue weighted by atomic mass is 10.1. The van der Waals surface area contributed by atoms with E-state index in [9.17, 15) is 0 Å². The average Bonchev–Trinajstić information content (AvgIpc) is 2.45. The third kappa shape index (κ3) is 33.4. The summed E-state index contributed by atoms with van der Waals surface area (Å²) in [6, 6.07) is 0. The Balaban J connectivity index is 0. The summed E-state index contributed by atoms with van der Waals surface area (Å²) in [5.41, 5.74) is 0. The van der Waals surface area contributed by atoms with Gasteiger partial charge in [0.15, 0.2) is 6.29 Å². The molecule has 8 heteroatoms. The van der Waals surface area contributed by atoms with E-state index in [1.165, 1.54) is 64.2 Å². The highest BCUT2D eigenvalue weighted by atomic mass is 32.3. The fourth-order valence-electron chi connectivity index (χ4n) is 2.32. The van der Waals surface area contributed by atoms with Crippen molar-refractivity contribution in [1.29, 1.82) is 0 Å². The predicted octanol–water partition coefficient (Wildman–Crippen LogP) is 2.89. The Hall–Kier alpha value is -0.250. The van der Waals surface area contributed by atoms with Gasteiger partial charge in [-0.3, -0.25) is 9.11 Å². The van der Waals surface area contributed by atoms with Gasteiger partial charge < -0.3 is 15.1 Å². The summed E-state index contributed by atoms with van der Waals surface area (Å²) in [7, 11) is -2.61. The highest BCUT2D eigenvalue weighted by molar-refractivity contribution is 7.79. The molecule has 0 bridgehead atoms. The fourth-order valence-corrected chi connectivity index (χ4v) is 2.32. The second-order valence-corrected chi connectivity index (χ2v) is 7.10. The highest BCUT2D eigenvalue weighted by Crippen LogP contribution is 2.10. The van der Waals surface area contributed by atoms with E-state index in [0.29, 0.717) is 6.42 Å². The standard InChI is InChI=1S/C16H35NO2.H2O4S/c1-3-4-5-6-7-8-9-10-11-12-14-17(2)15-13-16(18)19;1-5(2,3)4/h16,18-19H,3-15H2,1-2H3;(H2,1,2,3,4). The second kappa shape index (κ2) is 17.6. The SMILES string of the molecule is CCCCCCCCCCCCN(C)CCC(O)O.O=S(=O)(O)O. The first-order valence-electron chi connectivity index (χ1n) is 8.91. The van der Waals surface area contributed by atoms with Crippen LogP contribution in [0.25, 0.3) is 0 Å². The van der Waals surface area contributed by atoms with Crippen molar-refractivity contribution in [3.05, 3.63) is 0 Å². The largest absolute Gasteiger partial charge is 0.394 e. The first-order valence-corrected chi connectivity index (χ1v) is 10.3. The molecule has 24 heavy (non-hydrogen) atoms. The lowest BCUT2D eigenvalue weighted by Gasteiger charge is -2.16. The van der Waals surface area contributed by atoms with Crippen LogP contribution in [0.4, 0.5) is 0 Å². The van der Waals surface area contributed by atoms with E-state index in [2.05, 4.69) is 18.9 Å². The average molecular weight is 372 g/mol. The molecule has 0 aliphatic carbocycles. The van der Waals surface area contributed by atoms with E-state index in [1.54, 1.807) is 0 Å². The summed E-state index contributed by atoms with van der Waals surface area (Å²) in [5, 5.41) is 17.6. The topological polar surface area (TPSA) is 118 Å². The van der Waals surface area contributed by atoms with Crippen LogP contribution < -0.4 is 0 Å². The van der Waals surface area contributed by atoms with Gasteiger partial charge in [0.05, 0.1) is 0 Å². The monoisotopic (exact) mass is 371 g/mol. The minimum absolute atomic E-state index is 0.453. The van der Waals surface area contributed by atoms with E-state index in [4.69, 9.17) is 27.7 Å². The number of aliphatic hydroxyl groups excluding tert-OH is 1. The number of aliphatic hydroxyl groups is 2. The van der Waals surface area contributed by atoms with Crippen LogP contribution in [0.3, 0.4) is 0 Å². The third-order valence-electron chi connectivity index (χ3n) is 3.66. The molecule has 0 rings (SSSR count). The Bertz CT molecular complexity index is 340. The zero-order valence-corrected chi connectivity index (χ0v) is 16.0. The van der Waals surface area contributed by atoms with Gasteiger partial charge in [0.1, 0.15) is 0 Å². The summed E-state index contributed by atoms with van der Waals surface area (Å²) in [4.78, 5) is 2.18. The Morgan fingerprint density at radius 2 is 1.17 bits per heavy atom. The molecule has 0 amide bonds. The molecule has 148 valence electrons. The molecule has 0 unspecified atom stereocenters. The fraction of sp³-hybridized carbons (Fsp3) is 1.00. The molecule has 0 saturated heterocycles. The van der Waals surface area contributed by atoms with Crippen LogP contribution in [-0.2, 0) is 10.4 Å². The van der Waals surface area contributed by atoms with Gasteiger partial charge in [-0.15, -0.1) is 0 Å². The van der Waals surface area contributed by atoms with E-state index in [-0.39, 0.29) is 0 Å². The Labute approximate surface area is 147 Å². The summed E-state index contributed by atoms with van der Waals surface area (Å²) in [6.07, 6.45) is 12.9. The van der Waals surface area contributed by atoms with Crippen LogP contribution >= 0.6 is 0 Å². The quantitative estimate of drug-likeness (QED) is 0.211. The molecule has 0 aliphatic rings. The molecule has 0 aromatic heterocycles. The van der Waals surface area contributed by atoms with E-state index < -0.39 is 16.7 Å². The minimum atomic E-state index is -4.67. The molecule has 7 nitrogen and oxygen atoms in total. The zero-order valence-electron chi connectivity index (χ0n) is 15.2. The maximum atomic E-state index is 8.78. The maximum Gasteiger partial charge on any atom is 0.394 e. The Kier molecular flexibility index (Phi) is 19.0. The van der Waals surface area contributed by atoms with Crippen LogP contribution in [-0.4, -0.2) is 59.1 Å². The lowest BCUT2D eigenvalue weighted by Crippen LogP contribution is -2.24. The first-order chi connectivity index (χ1) is 11.2. The molecule has 4 N–H and O–H groups in total. The van der Waals surface area contributed by atoms with Gasteiger partial charge >= 0.3 is 10.4 Å². The number of hydrogen-bond donors (Lipinski definition) is 4. The third-order valence-corrected chi connectivity index (χ3v) is 3.66. The van der Waals surface area contributed by atoms with Crippen molar-refractivity contribution < 1.29 is 27.7 Å². The summed E-state index contributed by atoms with van der Waals surface area (Å²) < 4.78 is 31.6. The van der Waals surface area contributed by atoms with Crippen LogP contribution in [0.2, 0.25) is 0 Å². The molecule has 0 aromatic carbocycles. The van der Waals surface area contributed by atoms with Gasteiger partial charge in [0, 0.05) is 13.0 Å². The molecule has 0 atom stereocenters. The highest BCUT2D eigenvalue weighted by Gasteiger charge is 2.02. The predicted molar refractivity (Wildman–Crippen MR) is 96.4 cm³/mol. The molecule has 0 fully saturated rings. The van der Waals surface area contributed by atoms with Crippen LogP contribution in [0.1, 0.15) is 77.6 Å². The molecular weight excluding hydrogens is 334 g/mol. The molecule has 0 radical (unpaired) electrons. The molecule has 0 aliphatic heterocycles. The first kappa shape index (κ1) is 26.0. The van der Waals surface area contributed by atoms with Crippen molar-refractivity contribution in [2.45, 2.75) is 83.8 Å². The summed E-state index contributed by atoms with van der Waals surface area (Å²) in [6.45, 7) is 4.11. The van der Waals surface area contributed by atoms with Crippen molar-refractivity contribution in [3.63, 3.8) is 0 Å². The van der Waals surface area contributed by atoms with Gasteiger partial charge in [-0.2, -0.15) is 8.42 Å². The minimum Gasteiger partial charge on any atom is -0.368 e. The van der Waals surface area contributed by atoms with Crippen molar-refractivity contribution >= 4 is 10.4 Å². The number of nitrogens with zero attached hydrogens (tertiary/aromatic N) is 1. The molecular formula is C16H37NO6S. The lowest BCUT2D eigenvalue weighted by molar-refractivity contribution is -0.0493. The van der Waals surface area contributed by atoms with Crippen molar-refractivity contribution in [2.24, 2.45) is 0 Å². The molecule has 0 heterocycles. The van der Waals surface area contributed by atoms with Crippen molar-refractivity contribution in [2.75, 3.05) is 20.1 Å². The van der Waals surface area contributed by atoms with Gasteiger partial charge in [0.2, 0.25) is 0 Å².